The summed E-state index contributed by atoms with van der Waals surface area (Å²) in [5.74, 6) is -8.49. The highest BCUT2D eigenvalue weighted by molar-refractivity contribution is 6.62. The van der Waals surface area contributed by atoms with Gasteiger partial charge in [0.25, 0.3) is 0 Å². The Morgan fingerprint density at radius 2 is 0.875 bits per heavy atom. The second-order valence-corrected chi connectivity index (χ2v) is 2.83. The van der Waals surface area contributed by atoms with Gasteiger partial charge in [0.15, 0.2) is 17.5 Å². The molecule has 0 aromatic heterocycles. The Morgan fingerprint density at radius 1 is 0.562 bits per heavy atom. The number of rotatable bonds is 2. The minimum Gasteiger partial charge on any atom is -0.423 e. The van der Waals surface area contributed by atoms with Crippen LogP contribution in [0.25, 0.3) is 0 Å². The van der Waals surface area contributed by atoms with Gasteiger partial charge in [0, 0.05) is 0 Å². The van der Waals surface area contributed by atoms with Crippen molar-refractivity contribution in [1.29, 1.82) is 0 Å². The third kappa shape index (κ3) is 1.92. The molecule has 0 atom stereocenters. The second kappa shape index (κ2) is 4.42. The van der Waals surface area contributed by atoms with E-state index in [1.165, 1.54) is 0 Å². The molecule has 16 heavy (non-hydrogen) atoms. The van der Waals surface area contributed by atoms with Crippen LogP contribution in [0.1, 0.15) is 0 Å². The van der Waals surface area contributed by atoms with Crippen LogP contribution in [-0.4, -0.2) is 34.3 Å². The highest BCUT2D eigenvalue weighted by Gasteiger charge is 2.35. The first kappa shape index (κ1) is 13.0. The first-order valence-corrected chi connectivity index (χ1v) is 3.87. The fraction of sp³-hybridized carbons (Fsp3) is 0. The smallest absolute Gasteiger partial charge is 0.423 e. The molecule has 0 radical (unpaired) electrons. The predicted molar refractivity (Wildman–Crippen MR) is 45.9 cm³/mol. The van der Waals surface area contributed by atoms with E-state index >= 15 is 0 Å². The normalized spacial score (nSPS) is 10.5. The van der Waals surface area contributed by atoms with Crippen molar-refractivity contribution in [2.75, 3.05) is 0 Å². The highest BCUT2D eigenvalue weighted by Crippen LogP contribution is 2.10. The summed E-state index contributed by atoms with van der Waals surface area (Å²) >= 11 is 0. The molecule has 0 aliphatic carbocycles. The topological polar surface area (TPSA) is 80.9 Å². The molecule has 1 aromatic carbocycles. The van der Waals surface area contributed by atoms with Crippen molar-refractivity contribution in [2.45, 2.75) is 0 Å². The first-order chi connectivity index (χ1) is 7.29. The van der Waals surface area contributed by atoms with E-state index in [0.29, 0.717) is 0 Å². The number of hydrogen-bond donors (Lipinski definition) is 4. The lowest BCUT2D eigenvalue weighted by Crippen LogP contribution is -2.47. The molecule has 1 rings (SSSR count). The van der Waals surface area contributed by atoms with Crippen LogP contribution in [-0.2, 0) is 0 Å². The lowest BCUT2D eigenvalue weighted by molar-refractivity contribution is 0.399. The van der Waals surface area contributed by atoms with Crippen LogP contribution in [0.3, 0.4) is 0 Å². The van der Waals surface area contributed by atoms with Crippen LogP contribution < -0.4 is 10.9 Å². The molecule has 0 heterocycles. The van der Waals surface area contributed by atoms with Gasteiger partial charge in [-0.2, -0.15) is 0 Å². The molecule has 0 amide bonds. The average Bonchev–Trinajstić information content (AvgIpc) is 2.13. The van der Waals surface area contributed by atoms with Gasteiger partial charge in [-0.15, -0.1) is 0 Å². The zero-order valence-corrected chi connectivity index (χ0v) is 7.46. The van der Waals surface area contributed by atoms with E-state index in [0.717, 1.165) is 0 Å². The van der Waals surface area contributed by atoms with Gasteiger partial charge in [0.2, 0.25) is 0 Å². The summed E-state index contributed by atoms with van der Waals surface area (Å²) in [4.78, 5) is 0. The number of benzene rings is 1. The summed E-state index contributed by atoms with van der Waals surface area (Å²) < 4.78 is 51.7. The SMILES string of the molecule is OB(O)c1c(F)c(F)c(F)c(B(O)O)c1F. The number of halogens is 4. The van der Waals surface area contributed by atoms with Crippen molar-refractivity contribution in [1.82, 2.24) is 0 Å². The van der Waals surface area contributed by atoms with Crippen LogP contribution in [0.15, 0.2) is 0 Å². The van der Waals surface area contributed by atoms with Crippen molar-refractivity contribution in [3.05, 3.63) is 23.3 Å². The van der Waals surface area contributed by atoms with Gasteiger partial charge in [0.1, 0.15) is 5.82 Å². The Morgan fingerprint density at radius 3 is 1.12 bits per heavy atom. The molecule has 10 heteroatoms. The van der Waals surface area contributed by atoms with E-state index < -0.39 is 48.4 Å². The Bertz CT molecular complexity index is 390. The van der Waals surface area contributed by atoms with Gasteiger partial charge in [-0.25, -0.2) is 17.6 Å². The summed E-state index contributed by atoms with van der Waals surface area (Å²) in [6, 6.07) is 0. The largest absolute Gasteiger partial charge is 0.494 e. The number of hydrogen-bond acceptors (Lipinski definition) is 4. The monoisotopic (exact) mass is 238 g/mol. The van der Waals surface area contributed by atoms with E-state index in [1.807, 2.05) is 0 Å². The van der Waals surface area contributed by atoms with Crippen molar-refractivity contribution in [3.8, 4) is 0 Å². The minimum absolute atomic E-state index is 1.60. The van der Waals surface area contributed by atoms with Gasteiger partial charge in [-0.3, -0.25) is 0 Å². The van der Waals surface area contributed by atoms with E-state index in [1.54, 1.807) is 0 Å². The molecular weight excluding hydrogens is 234 g/mol. The molecule has 86 valence electrons. The quantitative estimate of drug-likeness (QED) is 0.200. The van der Waals surface area contributed by atoms with Crippen LogP contribution in [0.5, 0.6) is 0 Å². The fourth-order valence-electron chi connectivity index (χ4n) is 1.12. The van der Waals surface area contributed by atoms with Crippen LogP contribution in [0.2, 0.25) is 0 Å². The van der Waals surface area contributed by atoms with Crippen molar-refractivity contribution in [2.24, 2.45) is 0 Å². The maximum atomic E-state index is 13.2. The van der Waals surface area contributed by atoms with Crippen molar-refractivity contribution >= 4 is 25.2 Å². The Hall–Kier alpha value is -1.09. The predicted octanol–water partition coefficient (Wildman–Crippen LogP) is -2.40. The summed E-state index contributed by atoms with van der Waals surface area (Å²) in [6.45, 7) is 0. The standard InChI is InChI=1S/C6H4B2F4O4/c9-3-1(7(13)14)4(10)6(12)5(11)2(3)8(15)16/h13-16H. The average molecular weight is 238 g/mol. The Labute approximate surface area is 87.1 Å². The highest BCUT2D eigenvalue weighted by atomic mass is 19.2. The molecule has 1 aromatic rings. The zero-order chi connectivity index (χ0) is 12.6. The molecule has 0 saturated heterocycles. The van der Waals surface area contributed by atoms with E-state index in [-0.39, 0.29) is 0 Å². The third-order valence-corrected chi connectivity index (χ3v) is 1.85. The van der Waals surface area contributed by atoms with E-state index in [4.69, 9.17) is 20.1 Å². The molecule has 0 saturated carbocycles. The maximum Gasteiger partial charge on any atom is 0.494 e. The van der Waals surface area contributed by atoms with E-state index in [9.17, 15) is 17.6 Å². The summed E-state index contributed by atoms with van der Waals surface area (Å²) in [6.07, 6.45) is 0. The van der Waals surface area contributed by atoms with Gasteiger partial charge < -0.3 is 20.1 Å². The zero-order valence-electron chi connectivity index (χ0n) is 7.46. The molecule has 0 spiro atoms. The maximum absolute atomic E-state index is 13.2. The summed E-state index contributed by atoms with van der Waals surface area (Å²) in [5, 5.41) is 34.1. The van der Waals surface area contributed by atoms with Crippen LogP contribution in [0.4, 0.5) is 17.6 Å². The van der Waals surface area contributed by atoms with Crippen molar-refractivity contribution in [3.63, 3.8) is 0 Å². The summed E-state index contributed by atoms with van der Waals surface area (Å²) in [7, 11) is -5.51. The lowest BCUT2D eigenvalue weighted by atomic mass is 9.71. The fourth-order valence-corrected chi connectivity index (χ4v) is 1.12. The molecule has 0 aliphatic heterocycles. The second-order valence-electron chi connectivity index (χ2n) is 2.83. The van der Waals surface area contributed by atoms with Crippen LogP contribution >= 0.6 is 0 Å². The van der Waals surface area contributed by atoms with Gasteiger partial charge in [0.05, 0.1) is 10.9 Å². The van der Waals surface area contributed by atoms with Gasteiger partial charge in [-0.1, -0.05) is 0 Å². The molecular formula is C6H4B2F4O4. The Balaban J connectivity index is 3.66. The molecule has 0 unspecified atom stereocenters. The Kier molecular flexibility index (Phi) is 3.58. The molecule has 0 fully saturated rings. The first-order valence-electron chi connectivity index (χ1n) is 3.87. The third-order valence-electron chi connectivity index (χ3n) is 1.85. The minimum atomic E-state index is -2.76. The van der Waals surface area contributed by atoms with E-state index in [2.05, 4.69) is 0 Å². The molecule has 0 bridgehead atoms. The van der Waals surface area contributed by atoms with Crippen LogP contribution in [0, 0.1) is 23.3 Å². The molecule has 4 N–H and O–H groups in total. The molecule has 4 nitrogen and oxygen atoms in total. The molecule has 0 aliphatic rings. The lowest BCUT2D eigenvalue weighted by Gasteiger charge is -2.10. The van der Waals surface area contributed by atoms with Crippen molar-refractivity contribution < 1.29 is 37.7 Å². The summed E-state index contributed by atoms with van der Waals surface area (Å²) in [5.41, 5.74) is -3.19. The van der Waals surface area contributed by atoms with Gasteiger partial charge in [-0.05, 0) is 0 Å². The van der Waals surface area contributed by atoms with Gasteiger partial charge >= 0.3 is 14.2 Å².